The summed E-state index contributed by atoms with van der Waals surface area (Å²) < 4.78 is 5.59. The number of hydroxylamine groups is 2. The Morgan fingerprint density at radius 3 is 2.43 bits per heavy atom. The van der Waals surface area contributed by atoms with Gasteiger partial charge in [0.15, 0.2) is 0 Å². The van der Waals surface area contributed by atoms with E-state index in [1.165, 1.54) is 5.57 Å². The fraction of sp³-hybridized carbons (Fsp3) is 0.444. The topological polar surface area (TPSA) is 66.8 Å². The first-order valence-electron chi connectivity index (χ1n) is 7.88. The van der Waals surface area contributed by atoms with Crippen LogP contribution in [-0.2, 0) is 9.59 Å². The lowest BCUT2D eigenvalue weighted by atomic mass is 9.85. The predicted octanol–water partition coefficient (Wildman–Crippen LogP) is 3.29. The molecule has 2 rings (SSSR count). The first-order chi connectivity index (χ1) is 11.0. The summed E-state index contributed by atoms with van der Waals surface area (Å²) in [5.41, 5.74) is 1.91. The SMILES string of the molecule is CCC[C@@H]1C(=O)N(O)C(=O)[C@@H]1c1ccc(OCC=C(C)C)cc1. The highest BCUT2D eigenvalue weighted by atomic mass is 16.5. The molecule has 2 amide bonds. The van der Waals surface area contributed by atoms with Crippen LogP contribution >= 0.6 is 0 Å². The molecule has 1 aromatic rings. The molecule has 0 spiro atoms. The Hall–Kier alpha value is -2.14. The largest absolute Gasteiger partial charge is 0.490 e. The van der Waals surface area contributed by atoms with Gasteiger partial charge in [0.25, 0.3) is 11.8 Å². The van der Waals surface area contributed by atoms with Gasteiger partial charge in [0.05, 0.1) is 11.8 Å². The molecule has 1 aliphatic rings. The zero-order valence-corrected chi connectivity index (χ0v) is 13.8. The minimum Gasteiger partial charge on any atom is -0.490 e. The Kier molecular flexibility index (Phi) is 5.55. The minimum atomic E-state index is -0.612. The van der Waals surface area contributed by atoms with E-state index >= 15 is 0 Å². The van der Waals surface area contributed by atoms with E-state index in [2.05, 4.69) is 0 Å². The summed E-state index contributed by atoms with van der Waals surface area (Å²) in [4.78, 5) is 24.1. The van der Waals surface area contributed by atoms with E-state index < -0.39 is 23.7 Å². The lowest BCUT2D eigenvalue weighted by Gasteiger charge is -2.15. The Balaban J connectivity index is 2.15. The Bertz CT molecular complexity index is 602. The minimum absolute atomic E-state index is 0.268. The summed E-state index contributed by atoms with van der Waals surface area (Å²) in [6.45, 7) is 6.45. The van der Waals surface area contributed by atoms with Crippen LogP contribution in [0.4, 0.5) is 0 Å². The fourth-order valence-electron chi connectivity index (χ4n) is 2.76. The normalized spacial score (nSPS) is 20.8. The van der Waals surface area contributed by atoms with Crippen LogP contribution in [0.3, 0.4) is 0 Å². The quantitative estimate of drug-likeness (QED) is 0.497. The van der Waals surface area contributed by atoms with Crippen LogP contribution in [0.1, 0.15) is 45.1 Å². The van der Waals surface area contributed by atoms with Crippen molar-refractivity contribution in [2.45, 2.75) is 39.5 Å². The molecule has 2 atom stereocenters. The second-order valence-electron chi connectivity index (χ2n) is 6.02. The highest BCUT2D eigenvalue weighted by Crippen LogP contribution is 2.37. The van der Waals surface area contributed by atoms with Crippen molar-refractivity contribution in [3.63, 3.8) is 0 Å². The molecular formula is C18H23NO4. The number of ether oxygens (including phenoxy) is 1. The first kappa shape index (κ1) is 17.2. The molecule has 5 nitrogen and oxygen atoms in total. The maximum absolute atomic E-state index is 12.1. The number of amides is 2. The van der Waals surface area contributed by atoms with Crippen molar-refractivity contribution in [2.75, 3.05) is 6.61 Å². The van der Waals surface area contributed by atoms with Crippen LogP contribution < -0.4 is 4.74 Å². The fourth-order valence-corrected chi connectivity index (χ4v) is 2.76. The number of carbonyl (C=O) groups excluding carboxylic acids is 2. The van der Waals surface area contributed by atoms with Crippen LogP contribution in [0.25, 0.3) is 0 Å². The van der Waals surface area contributed by atoms with Gasteiger partial charge in [-0.15, -0.1) is 0 Å². The molecule has 0 bridgehead atoms. The molecule has 1 saturated heterocycles. The summed E-state index contributed by atoms with van der Waals surface area (Å²) in [6, 6.07) is 7.15. The smallest absolute Gasteiger partial charge is 0.261 e. The maximum Gasteiger partial charge on any atom is 0.261 e. The standard InChI is InChI=1S/C18H23NO4/c1-4-5-15-16(18(21)19(22)17(15)20)13-6-8-14(9-7-13)23-11-10-12(2)3/h6-10,15-16,22H,4-5,11H2,1-3H3/t15-,16+/m0/s1. The second kappa shape index (κ2) is 7.42. The Morgan fingerprint density at radius 2 is 1.87 bits per heavy atom. The van der Waals surface area contributed by atoms with E-state index in [1.807, 2.05) is 26.8 Å². The Labute approximate surface area is 136 Å². The van der Waals surface area contributed by atoms with Gasteiger partial charge in [0.1, 0.15) is 12.4 Å². The molecule has 0 unspecified atom stereocenters. The molecular weight excluding hydrogens is 294 g/mol. The average Bonchev–Trinajstić information content (AvgIpc) is 2.73. The number of imide groups is 1. The van der Waals surface area contributed by atoms with E-state index in [4.69, 9.17) is 4.74 Å². The first-order valence-corrected chi connectivity index (χ1v) is 7.88. The average molecular weight is 317 g/mol. The molecule has 0 saturated carbocycles. The van der Waals surface area contributed by atoms with E-state index in [-0.39, 0.29) is 5.06 Å². The van der Waals surface area contributed by atoms with Crippen molar-refractivity contribution in [2.24, 2.45) is 5.92 Å². The van der Waals surface area contributed by atoms with Crippen LogP contribution in [0.15, 0.2) is 35.9 Å². The molecule has 0 radical (unpaired) electrons. The van der Waals surface area contributed by atoms with Gasteiger partial charge in [-0.05, 0) is 44.0 Å². The number of hydrogen-bond acceptors (Lipinski definition) is 4. The van der Waals surface area contributed by atoms with Gasteiger partial charge >= 0.3 is 0 Å². The Morgan fingerprint density at radius 1 is 1.22 bits per heavy atom. The van der Waals surface area contributed by atoms with Crippen LogP contribution in [0.2, 0.25) is 0 Å². The number of hydrogen-bond donors (Lipinski definition) is 1. The van der Waals surface area contributed by atoms with Crippen LogP contribution in [-0.4, -0.2) is 28.7 Å². The van der Waals surface area contributed by atoms with Crippen molar-refractivity contribution in [3.05, 3.63) is 41.5 Å². The molecule has 23 heavy (non-hydrogen) atoms. The summed E-state index contributed by atoms with van der Waals surface area (Å²) in [5.74, 6) is -1.46. The molecule has 0 aliphatic carbocycles. The van der Waals surface area contributed by atoms with Crippen molar-refractivity contribution >= 4 is 11.8 Å². The number of rotatable bonds is 6. The lowest BCUT2D eigenvalue weighted by Crippen LogP contribution is -2.26. The lowest BCUT2D eigenvalue weighted by molar-refractivity contribution is -0.172. The third kappa shape index (κ3) is 3.79. The van der Waals surface area contributed by atoms with Crippen molar-refractivity contribution < 1.29 is 19.5 Å². The van der Waals surface area contributed by atoms with Gasteiger partial charge in [0.2, 0.25) is 0 Å². The number of benzene rings is 1. The van der Waals surface area contributed by atoms with Crippen molar-refractivity contribution in [3.8, 4) is 5.75 Å². The van der Waals surface area contributed by atoms with E-state index in [9.17, 15) is 14.8 Å². The summed E-state index contributed by atoms with van der Waals surface area (Å²) in [7, 11) is 0. The summed E-state index contributed by atoms with van der Waals surface area (Å²) in [6.07, 6.45) is 3.33. The molecule has 5 heteroatoms. The third-order valence-electron chi connectivity index (χ3n) is 3.98. The van der Waals surface area contributed by atoms with Gasteiger partial charge in [-0.25, -0.2) is 0 Å². The van der Waals surface area contributed by atoms with E-state index in [1.54, 1.807) is 24.3 Å². The second-order valence-corrected chi connectivity index (χ2v) is 6.02. The third-order valence-corrected chi connectivity index (χ3v) is 3.98. The number of nitrogens with zero attached hydrogens (tertiary/aromatic N) is 1. The molecule has 124 valence electrons. The number of carbonyl (C=O) groups is 2. The number of allylic oxidation sites excluding steroid dienone is 1. The molecule has 0 aromatic heterocycles. The van der Waals surface area contributed by atoms with Crippen molar-refractivity contribution in [1.29, 1.82) is 0 Å². The molecule has 1 aliphatic heterocycles. The monoisotopic (exact) mass is 317 g/mol. The van der Waals surface area contributed by atoms with E-state index in [0.717, 1.165) is 12.0 Å². The van der Waals surface area contributed by atoms with Gasteiger partial charge in [0, 0.05) is 0 Å². The summed E-state index contributed by atoms with van der Waals surface area (Å²) in [5, 5.41) is 9.89. The highest BCUT2D eigenvalue weighted by molar-refractivity contribution is 6.06. The van der Waals surface area contributed by atoms with Gasteiger partial charge in [-0.3, -0.25) is 14.8 Å². The predicted molar refractivity (Wildman–Crippen MR) is 86.1 cm³/mol. The van der Waals surface area contributed by atoms with Gasteiger partial charge < -0.3 is 4.74 Å². The maximum atomic E-state index is 12.1. The van der Waals surface area contributed by atoms with Gasteiger partial charge in [-0.2, -0.15) is 5.06 Å². The molecule has 1 aromatic carbocycles. The molecule has 1 fully saturated rings. The molecule has 1 heterocycles. The highest BCUT2D eigenvalue weighted by Gasteiger charge is 2.47. The van der Waals surface area contributed by atoms with Crippen molar-refractivity contribution in [1.82, 2.24) is 5.06 Å². The van der Waals surface area contributed by atoms with Crippen LogP contribution in [0, 0.1) is 5.92 Å². The van der Waals surface area contributed by atoms with E-state index in [0.29, 0.717) is 18.8 Å². The zero-order valence-electron chi connectivity index (χ0n) is 13.8. The van der Waals surface area contributed by atoms with Crippen LogP contribution in [0.5, 0.6) is 5.75 Å². The summed E-state index contributed by atoms with van der Waals surface area (Å²) >= 11 is 0. The van der Waals surface area contributed by atoms with Gasteiger partial charge in [-0.1, -0.05) is 31.1 Å². The molecule has 1 N–H and O–H groups in total. The zero-order chi connectivity index (χ0) is 17.0.